The number of hydrogen-bond donors (Lipinski definition) is 1. The van der Waals surface area contributed by atoms with E-state index in [-0.39, 0.29) is 0 Å². The second-order valence-corrected chi connectivity index (χ2v) is 3.59. The van der Waals surface area contributed by atoms with E-state index in [0.29, 0.717) is 0 Å². The van der Waals surface area contributed by atoms with Crippen molar-refractivity contribution in [2.24, 2.45) is 5.92 Å². The number of carboxylic acid groups (broad SMARTS) is 1. The molecule has 1 saturated carbocycles. The predicted molar refractivity (Wildman–Crippen MR) is 51.5 cm³/mol. The summed E-state index contributed by atoms with van der Waals surface area (Å²) >= 11 is 0. The van der Waals surface area contributed by atoms with Crippen LogP contribution in [0.25, 0.3) is 0 Å². The Balaban J connectivity index is 2.24. The van der Waals surface area contributed by atoms with E-state index < -0.39 is 5.97 Å². The van der Waals surface area contributed by atoms with Crippen LogP contribution in [0.15, 0.2) is 17.9 Å². The molecule has 0 aromatic rings. The molecule has 0 aromatic heterocycles. The number of hydrogen-bond acceptors (Lipinski definition) is 1. The third kappa shape index (κ3) is 4.54. The van der Waals surface area contributed by atoms with Crippen LogP contribution in [0.1, 0.15) is 38.5 Å². The lowest BCUT2D eigenvalue weighted by Gasteiger charge is -2.19. The zero-order chi connectivity index (χ0) is 9.52. The van der Waals surface area contributed by atoms with E-state index in [1.807, 2.05) is 6.08 Å². The van der Waals surface area contributed by atoms with Gasteiger partial charge in [-0.1, -0.05) is 32.1 Å². The number of carboxylic acids is 1. The molecule has 0 saturated heterocycles. The Labute approximate surface area is 79.0 Å². The van der Waals surface area contributed by atoms with Gasteiger partial charge in [0.15, 0.2) is 0 Å². The SMILES string of the molecule is O=C(O)C=C=CCC1CCCCC1. The van der Waals surface area contributed by atoms with E-state index in [4.69, 9.17) is 5.11 Å². The number of aliphatic carboxylic acids is 1. The van der Waals surface area contributed by atoms with Crippen LogP contribution in [0.4, 0.5) is 0 Å². The first-order chi connectivity index (χ1) is 6.29. The minimum absolute atomic E-state index is 0.767. The van der Waals surface area contributed by atoms with Crippen molar-refractivity contribution in [1.29, 1.82) is 0 Å². The van der Waals surface area contributed by atoms with Crippen molar-refractivity contribution in [3.63, 3.8) is 0 Å². The second-order valence-electron chi connectivity index (χ2n) is 3.59. The van der Waals surface area contributed by atoms with Gasteiger partial charge < -0.3 is 5.11 Å². The first-order valence-corrected chi connectivity index (χ1v) is 4.93. The fraction of sp³-hybridized carbons (Fsp3) is 0.636. The molecular formula is C11H16O2. The zero-order valence-corrected chi connectivity index (χ0v) is 7.83. The molecule has 0 bridgehead atoms. The standard InChI is InChI=1S/C11H16O2/c12-11(13)9-5-4-8-10-6-2-1-3-7-10/h4,9-10H,1-3,6-8H2,(H,12,13). The molecule has 2 heteroatoms. The van der Waals surface area contributed by atoms with Gasteiger partial charge in [0, 0.05) is 0 Å². The van der Waals surface area contributed by atoms with Crippen LogP contribution in [0.2, 0.25) is 0 Å². The molecule has 72 valence electrons. The van der Waals surface area contributed by atoms with E-state index in [2.05, 4.69) is 5.73 Å². The monoisotopic (exact) mass is 180 g/mol. The first-order valence-electron chi connectivity index (χ1n) is 4.93. The van der Waals surface area contributed by atoms with Crippen LogP contribution < -0.4 is 0 Å². The van der Waals surface area contributed by atoms with Crippen LogP contribution in [-0.4, -0.2) is 11.1 Å². The molecule has 1 N–H and O–H groups in total. The lowest BCUT2D eigenvalue weighted by atomic mass is 9.87. The van der Waals surface area contributed by atoms with Gasteiger partial charge in [-0.3, -0.25) is 0 Å². The summed E-state index contributed by atoms with van der Waals surface area (Å²) in [4.78, 5) is 10.1. The largest absolute Gasteiger partial charge is 0.478 e. The van der Waals surface area contributed by atoms with Gasteiger partial charge in [0.25, 0.3) is 0 Å². The summed E-state index contributed by atoms with van der Waals surface area (Å²) in [7, 11) is 0. The van der Waals surface area contributed by atoms with Gasteiger partial charge in [0.2, 0.25) is 0 Å². The molecule has 0 spiro atoms. The van der Waals surface area contributed by atoms with Crippen molar-refractivity contribution in [1.82, 2.24) is 0 Å². The lowest BCUT2D eigenvalue weighted by molar-refractivity contribution is -0.131. The maximum absolute atomic E-state index is 10.1. The minimum atomic E-state index is -0.917. The number of carbonyl (C=O) groups is 1. The van der Waals surface area contributed by atoms with E-state index in [9.17, 15) is 4.79 Å². The average Bonchev–Trinajstić information content (AvgIpc) is 2.14. The van der Waals surface area contributed by atoms with E-state index in [1.165, 1.54) is 32.1 Å². The van der Waals surface area contributed by atoms with Crippen LogP contribution >= 0.6 is 0 Å². The quantitative estimate of drug-likeness (QED) is 0.535. The first kappa shape index (κ1) is 10.1. The Morgan fingerprint density at radius 1 is 1.38 bits per heavy atom. The number of rotatable bonds is 3. The third-order valence-corrected chi connectivity index (χ3v) is 2.50. The van der Waals surface area contributed by atoms with Crippen LogP contribution in [0.3, 0.4) is 0 Å². The van der Waals surface area contributed by atoms with Crippen molar-refractivity contribution in [3.8, 4) is 0 Å². The molecule has 0 unspecified atom stereocenters. The van der Waals surface area contributed by atoms with Crippen molar-refractivity contribution in [3.05, 3.63) is 17.9 Å². The summed E-state index contributed by atoms with van der Waals surface area (Å²) in [5, 5.41) is 8.31. The van der Waals surface area contributed by atoms with Crippen LogP contribution in [-0.2, 0) is 4.79 Å². The van der Waals surface area contributed by atoms with Gasteiger partial charge >= 0.3 is 5.97 Å². The molecule has 1 rings (SSSR count). The summed E-state index contributed by atoms with van der Waals surface area (Å²) in [6.45, 7) is 0. The Kier molecular flexibility index (Phi) is 4.34. The molecule has 1 aliphatic rings. The summed E-state index contributed by atoms with van der Waals surface area (Å²) in [5.41, 5.74) is 2.68. The summed E-state index contributed by atoms with van der Waals surface area (Å²) < 4.78 is 0. The molecule has 0 aromatic carbocycles. The Morgan fingerprint density at radius 3 is 2.69 bits per heavy atom. The smallest absolute Gasteiger partial charge is 0.336 e. The van der Waals surface area contributed by atoms with Crippen molar-refractivity contribution in [2.75, 3.05) is 0 Å². The van der Waals surface area contributed by atoms with Crippen LogP contribution in [0.5, 0.6) is 0 Å². The Morgan fingerprint density at radius 2 is 2.08 bits per heavy atom. The topological polar surface area (TPSA) is 37.3 Å². The zero-order valence-electron chi connectivity index (χ0n) is 7.83. The van der Waals surface area contributed by atoms with Gasteiger partial charge in [0.1, 0.15) is 0 Å². The highest BCUT2D eigenvalue weighted by molar-refractivity contribution is 5.79. The third-order valence-electron chi connectivity index (χ3n) is 2.50. The van der Waals surface area contributed by atoms with Gasteiger partial charge in [0.05, 0.1) is 6.08 Å². The normalized spacial score (nSPS) is 17.5. The highest BCUT2D eigenvalue weighted by Gasteiger charge is 2.10. The lowest BCUT2D eigenvalue weighted by Crippen LogP contribution is -2.04. The summed E-state index contributed by atoms with van der Waals surface area (Å²) in [6, 6.07) is 0. The van der Waals surface area contributed by atoms with E-state index in [1.54, 1.807) is 0 Å². The molecule has 2 nitrogen and oxygen atoms in total. The van der Waals surface area contributed by atoms with Crippen molar-refractivity contribution in [2.45, 2.75) is 38.5 Å². The fourth-order valence-electron chi connectivity index (χ4n) is 1.79. The second kappa shape index (κ2) is 5.60. The van der Waals surface area contributed by atoms with Gasteiger partial charge in [-0.2, -0.15) is 0 Å². The molecule has 13 heavy (non-hydrogen) atoms. The molecule has 0 radical (unpaired) electrons. The molecule has 0 aliphatic heterocycles. The highest BCUT2D eigenvalue weighted by atomic mass is 16.4. The Bertz CT molecular complexity index is 218. The van der Waals surface area contributed by atoms with Gasteiger partial charge in [-0.25, -0.2) is 4.79 Å². The van der Waals surface area contributed by atoms with E-state index >= 15 is 0 Å². The van der Waals surface area contributed by atoms with Crippen LogP contribution in [0, 0.1) is 5.92 Å². The van der Waals surface area contributed by atoms with Crippen molar-refractivity contribution >= 4 is 5.97 Å². The Hall–Kier alpha value is -1.01. The molecule has 0 atom stereocenters. The maximum Gasteiger partial charge on any atom is 0.336 e. The molecule has 1 fully saturated rings. The highest BCUT2D eigenvalue weighted by Crippen LogP contribution is 2.26. The minimum Gasteiger partial charge on any atom is -0.478 e. The maximum atomic E-state index is 10.1. The fourth-order valence-corrected chi connectivity index (χ4v) is 1.79. The average molecular weight is 180 g/mol. The van der Waals surface area contributed by atoms with E-state index in [0.717, 1.165) is 18.4 Å². The van der Waals surface area contributed by atoms with Crippen molar-refractivity contribution < 1.29 is 9.90 Å². The molecule has 0 heterocycles. The van der Waals surface area contributed by atoms with Gasteiger partial charge in [-0.05, 0) is 18.4 Å². The molecule has 1 aliphatic carbocycles. The molecule has 0 amide bonds. The summed E-state index contributed by atoms with van der Waals surface area (Å²) in [5.74, 6) is -0.150. The van der Waals surface area contributed by atoms with Gasteiger partial charge in [-0.15, -0.1) is 5.73 Å². The summed E-state index contributed by atoms with van der Waals surface area (Å²) in [6.07, 6.45) is 10.5. The molecular weight excluding hydrogens is 164 g/mol. The predicted octanol–water partition coefficient (Wildman–Crippen LogP) is 2.75.